The van der Waals surface area contributed by atoms with Crippen molar-refractivity contribution in [1.29, 1.82) is 0 Å². The molecule has 2 amide bonds. The highest BCUT2D eigenvalue weighted by Gasteiger charge is 2.29. The molecule has 1 aromatic carbocycles. The van der Waals surface area contributed by atoms with Crippen LogP contribution in [0.3, 0.4) is 0 Å². The minimum atomic E-state index is -0.868. The first-order valence-corrected chi connectivity index (χ1v) is 9.36. The van der Waals surface area contributed by atoms with Gasteiger partial charge in [0.2, 0.25) is 5.91 Å². The van der Waals surface area contributed by atoms with Crippen LogP contribution < -0.4 is 15.4 Å². The molecule has 0 aliphatic rings. The van der Waals surface area contributed by atoms with Crippen LogP contribution in [0.2, 0.25) is 0 Å². The lowest BCUT2D eigenvalue weighted by molar-refractivity contribution is -0.145. The van der Waals surface area contributed by atoms with Gasteiger partial charge in [0.15, 0.2) is 0 Å². The van der Waals surface area contributed by atoms with Crippen molar-refractivity contribution in [2.24, 2.45) is 0 Å². The summed E-state index contributed by atoms with van der Waals surface area (Å²) in [5.41, 5.74) is -0.670. The fourth-order valence-corrected chi connectivity index (χ4v) is 2.60. The summed E-state index contributed by atoms with van der Waals surface area (Å²) in [6.07, 6.45) is -0.386. The Balaban J connectivity index is 2.73. The van der Waals surface area contributed by atoms with E-state index in [1.165, 1.54) is 7.11 Å². The minimum Gasteiger partial charge on any atom is -0.497 e. The molecular formula is C21H32N2O6. The Hall–Kier alpha value is -2.77. The predicted octanol–water partition coefficient (Wildman–Crippen LogP) is 2.59. The van der Waals surface area contributed by atoms with Crippen LogP contribution in [0.4, 0.5) is 4.79 Å². The van der Waals surface area contributed by atoms with Gasteiger partial charge in [0, 0.05) is 18.4 Å². The van der Waals surface area contributed by atoms with E-state index in [0.29, 0.717) is 5.75 Å². The molecule has 0 spiro atoms. The van der Waals surface area contributed by atoms with Gasteiger partial charge in [0.05, 0.1) is 14.2 Å². The summed E-state index contributed by atoms with van der Waals surface area (Å²) >= 11 is 0. The number of esters is 1. The van der Waals surface area contributed by atoms with Gasteiger partial charge >= 0.3 is 12.1 Å². The molecule has 0 saturated carbocycles. The van der Waals surface area contributed by atoms with E-state index in [-0.39, 0.29) is 12.8 Å². The highest BCUT2D eigenvalue weighted by atomic mass is 16.6. The van der Waals surface area contributed by atoms with Gasteiger partial charge in [-0.05, 0) is 52.3 Å². The van der Waals surface area contributed by atoms with Crippen molar-refractivity contribution in [3.05, 3.63) is 29.8 Å². The average Bonchev–Trinajstić information content (AvgIpc) is 2.58. The maximum absolute atomic E-state index is 12.5. The molecule has 29 heavy (non-hydrogen) atoms. The first kappa shape index (κ1) is 24.3. The van der Waals surface area contributed by atoms with E-state index >= 15 is 0 Å². The molecule has 2 N–H and O–H groups in total. The van der Waals surface area contributed by atoms with Crippen LogP contribution in [0.25, 0.3) is 0 Å². The molecule has 0 aliphatic heterocycles. The first-order valence-electron chi connectivity index (χ1n) is 9.36. The SMILES string of the molecule is COC(=O)[C@H](Cc1ccc(OC)cc1)NC(=O)CC(C)(C)NC(=O)OC(C)(C)C. The predicted molar refractivity (Wildman–Crippen MR) is 109 cm³/mol. The Morgan fingerprint density at radius 1 is 1.00 bits per heavy atom. The zero-order valence-corrected chi connectivity index (χ0v) is 18.3. The second-order valence-corrected chi connectivity index (χ2v) is 8.38. The third-order valence-electron chi connectivity index (χ3n) is 3.86. The van der Waals surface area contributed by atoms with Crippen LogP contribution in [-0.2, 0) is 25.5 Å². The smallest absolute Gasteiger partial charge is 0.408 e. The summed E-state index contributed by atoms with van der Waals surface area (Å²) in [6, 6.07) is 6.33. The molecule has 0 aliphatic carbocycles. The van der Waals surface area contributed by atoms with E-state index in [1.54, 1.807) is 53.9 Å². The molecule has 0 heterocycles. The summed E-state index contributed by atoms with van der Waals surface area (Å²) in [4.78, 5) is 36.6. The zero-order chi connectivity index (χ0) is 22.2. The second-order valence-electron chi connectivity index (χ2n) is 8.38. The number of ether oxygens (including phenoxy) is 3. The number of hydrogen-bond donors (Lipinski definition) is 2. The lowest BCUT2D eigenvalue weighted by atomic mass is 9.99. The molecule has 8 nitrogen and oxygen atoms in total. The van der Waals surface area contributed by atoms with Crippen molar-refractivity contribution in [3.63, 3.8) is 0 Å². The minimum absolute atomic E-state index is 0.0393. The lowest BCUT2D eigenvalue weighted by Gasteiger charge is -2.28. The first-order chi connectivity index (χ1) is 13.3. The third-order valence-corrected chi connectivity index (χ3v) is 3.86. The fourth-order valence-electron chi connectivity index (χ4n) is 2.60. The van der Waals surface area contributed by atoms with Gasteiger partial charge in [-0.2, -0.15) is 0 Å². The molecule has 162 valence electrons. The van der Waals surface area contributed by atoms with E-state index in [9.17, 15) is 14.4 Å². The van der Waals surface area contributed by atoms with Crippen LogP contribution in [0.5, 0.6) is 5.75 Å². The topological polar surface area (TPSA) is 103 Å². The lowest BCUT2D eigenvalue weighted by Crippen LogP contribution is -2.51. The number of benzene rings is 1. The van der Waals surface area contributed by atoms with Gasteiger partial charge in [-0.3, -0.25) is 4.79 Å². The molecule has 1 rings (SSSR count). The molecule has 8 heteroatoms. The summed E-state index contributed by atoms with van der Waals surface area (Å²) in [6.45, 7) is 8.67. The van der Waals surface area contributed by atoms with E-state index in [1.807, 2.05) is 12.1 Å². The number of carbonyl (C=O) groups is 3. The Labute approximate surface area is 172 Å². The maximum Gasteiger partial charge on any atom is 0.408 e. The van der Waals surface area contributed by atoms with E-state index in [0.717, 1.165) is 5.56 Å². The van der Waals surface area contributed by atoms with Crippen molar-refractivity contribution < 1.29 is 28.6 Å². The van der Waals surface area contributed by atoms with Gasteiger partial charge in [0.25, 0.3) is 0 Å². The Bertz CT molecular complexity index is 707. The number of hydrogen-bond acceptors (Lipinski definition) is 6. The van der Waals surface area contributed by atoms with Gasteiger partial charge in [-0.25, -0.2) is 9.59 Å². The molecule has 0 saturated heterocycles. The quantitative estimate of drug-likeness (QED) is 0.641. The highest BCUT2D eigenvalue weighted by molar-refractivity contribution is 5.85. The molecule has 0 radical (unpaired) electrons. The highest BCUT2D eigenvalue weighted by Crippen LogP contribution is 2.15. The van der Waals surface area contributed by atoms with Crippen molar-refractivity contribution in [3.8, 4) is 5.75 Å². The molecule has 0 bridgehead atoms. The third kappa shape index (κ3) is 9.32. The van der Waals surface area contributed by atoms with Crippen molar-refractivity contribution in [1.82, 2.24) is 10.6 Å². The van der Waals surface area contributed by atoms with Crippen molar-refractivity contribution in [2.45, 2.75) is 64.6 Å². The molecular weight excluding hydrogens is 376 g/mol. The molecule has 0 unspecified atom stereocenters. The largest absolute Gasteiger partial charge is 0.497 e. The molecule has 1 aromatic rings. The van der Waals surface area contributed by atoms with Crippen LogP contribution >= 0.6 is 0 Å². The molecule has 1 atom stereocenters. The van der Waals surface area contributed by atoms with Gasteiger partial charge in [0.1, 0.15) is 17.4 Å². The fraction of sp³-hybridized carbons (Fsp3) is 0.571. The van der Waals surface area contributed by atoms with E-state index in [2.05, 4.69) is 10.6 Å². The summed E-state index contributed by atoms with van der Waals surface area (Å²) in [5.74, 6) is -0.246. The molecule has 0 aromatic heterocycles. The van der Waals surface area contributed by atoms with Crippen LogP contribution in [0, 0.1) is 0 Å². The zero-order valence-electron chi connectivity index (χ0n) is 18.3. The number of rotatable bonds is 8. The number of nitrogens with one attached hydrogen (secondary N) is 2. The van der Waals surface area contributed by atoms with E-state index < -0.39 is 35.2 Å². The van der Waals surface area contributed by atoms with Gasteiger partial charge in [-0.15, -0.1) is 0 Å². The van der Waals surface area contributed by atoms with Crippen molar-refractivity contribution in [2.75, 3.05) is 14.2 Å². The monoisotopic (exact) mass is 408 g/mol. The standard InChI is InChI=1S/C21H32N2O6/c1-20(2,3)29-19(26)23-21(4,5)13-17(24)22-16(18(25)28-7)12-14-8-10-15(27-6)11-9-14/h8-11,16H,12-13H2,1-7H3,(H,22,24)(H,23,26)/t16-/m0/s1. The van der Waals surface area contributed by atoms with Crippen LogP contribution in [-0.4, -0.2) is 49.4 Å². The Morgan fingerprint density at radius 2 is 1.59 bits per heavy atom. The number of carbonyl (C=O) groups excluding carboxylic acids is 3. The normalized spacial score (nSPS) is 12.5. The summed E-state index contributed by atoms with van der Waals surface area (Å²) in [7, 11) is 2.84. The van der Waals surface area contributed by atoms with Crippen LogP contribution in [0.1, 0.15) is 46.6 Å². The summed E-state index contributed by atoms with van der Waals surface area (Å²) < 4.78 is 15.2. The summed E-state index contributed by atoms with van der Waals surface area (Å²) in [5, 5.41) is 5.36. The van der Waals surface area contributed by atoms with Crippen LogP contribution in [0.15, 0.2) is 24.3 Å². The second kappa shape index (κ2) is 10.1. The number of methoxy groups -OCH3 is 2. The number of amides is 2. The van der Waals surface area contributed by atoms with E-state index in [4.69, 9.17) is 14.2 Å². The Kier molecular flexibility index (Phi) is 8.48. The van der Waals surface area contributed by atoms with Gasteiger partial charge in [-0.1, -0.05) is 12.1 Å². The Morgan fingerprint density at radius 3 is 2.07 bits per heavy atom. The van der Waals surface area contributed by atoms with Crippen molar-refractivity contribution >= 4 is 18.0 Å². The maximum atomic E-state index is 12.5. The van der Waals surface area contributed by atoms with Gasteiger partial charge < -0.3 is 24.8 Å². The number of alkyl carbamates (subject to hydrolysis) is 1. The molecule has 0 fully saturated rings. The average molecular weight is 408 g/mol.